The van der Waals surface area contributed by atoms with Crippen LogP contribution in [0.1, 0.15) is 17.5 Å². The van der Waals surface area contributed by atoms with Gasteiger partial charge in [-0.2, -0.15) is 0 Å². The van der Waals surface area contributed by atoms with Gasteiger partial charge in [0, 0.05) is 12.1 Å². The summed E-state index contributed by atoms with van der Waals surface area (Å²) in [6.45, 7) is 1.52. The van der Waals surface area contributed by atoms with Crippen LogP contribution < -0.4 is 5.32 Å². The maximum atomic E-state index is 11.6. The molecule has 1 aliphatic rings. The predicted octanol–water partition coefficient (Wildman–Crippen LogP) is 0.855. The fraction of sp³-hybridized carbons (Fsp3) is 0.375. The Morgan fingerprint density at radius 2 is 2.17 bits per heavy atom. The van der Waals surface area contributed by atoms with Crippen LogP contribution in [-0.2, 0) is 24.2 Å². The molecule has 124 valence electrons. The van der Waals surface area contributed by atoms with Gasteiger partial charge in [0.05, 0.1) is 11.5 Å². The summed E-state index contributed by atoms with van der Waals surface area (Å²) in [5.74, 6) is -1.10. The lowest BCUT2D eigenvalue weighted by molar-refractivity contribution is -0.143. The molecule has 6 nitrogen and oxygen atoms in total. The lowest BCUT2D eigenvalue weighted by Crippen LogP contribution is -2.38. The van der Waals surface area contributed by atoms with Crippen LogP contribution in [0, 0.1) is 6.92 Å². The minimum atomic E-state index is -3.05. The van der Waals surface area contributed by atoms with Crippen molar-refractivity contribution in [2.45, 2.75) is 19.4 Å². The molecule has 1 heterocycles. The van der Waals surface area contributed by atoms with Crippen LogP contribution in [0.15, 0.2) is 30.3 Å². The van der Waals surface area contributed by atoms with Gasteiger partial charge in [0.2, 0.25) is 0 Å². The van der Waals surface area contributed by atoms with E-state index >= 15 is 0 Å². The zero-order valence-corrected chi connectivity index (χ0v) is 13.6. The number of benzene rings is 1. The van der Waals surface area contributed by atoms with Gasteiger partial charge < -0.3 is 10.1 Å². The first kappa shape index (κ1) is 17.2. The molecule has 0 bridgehead atoms. The molecule has 1 aromatic rings. The average molecular weight is 337 g/mol. The standard InChI is InChI=1S/C16H19NO5S/c1-12-3-2-4-13(9-12)5-6-16(19)22-10-15(18)17-14-7-8-23(20,21)11-14/h2-6,9,14H,7-8,10-11H2,1H3,(H,17,18)/b6-5+/t14-/m1/s1. The number of hydrogen-bond donors (Lipinski definition) is 1. The fourth-order valence-electron chi connectivity index (χ4n) is 2.30. The summed E-state index contributed by atoms with van der Waals surface area (Å²) < 4.78 is 27.4. The first-order valence-electron chi connectivity index (χ1n) is 7.25. The third kappa shape index (κ3) is 5.86. The second-order valence-corrected chi connectivity index (χ2v) is 7.75. The van der Waals surface area contributed by atoms with Crippen molar-refractivity contribution < 1.29 is 22.7 Å². The summed E-state index contributed by atoms with van der Waals surface area (Å²) in [6.07, 6.45) is 3.26. The molecule has 0 unspecified atom stereocenters. The number of carbonyl (C=O) groups excluding carboxylic acids is 2. The molecule has 1 aliphatic heterocycles. The number of sulfone groups is 1. The Hall–Kier alpha value is -2.15. The molecule has 0 aromatic heterocycles. The van der Waals surface area contributed by atoms with Crippen LogP contribution in [0.4, 0.5) is 0 Å². The average Bonchev–Trinajstić information content (AvgIpc) is 2.82. The van der Waals surface area contributed by atoms with Crippen LogP contribution >= 0.6 is 0 Å². The van der Waals surface area contributed by atoms with E-state index in [0.717, 1.165) is 11.1 Å². The van der Waals surface area contributed by atoms with Crippen molar-refractivity contribution in [1.82, 2.24) is 5.32 Å². The van der Waals surface area contributed by atoms with Crippen LogP contribution in [0.2, 0.25) is 0 Å². The van der Waals surface area contributed by atoms with Crippen molar-refractivity contribution in [3.8, 4) is 0 Å². The number of aryl methyl sites for hydroxylation is 1. The second-order valence-electron chi connectivity index (χ2n) is 5.52. The highest BCUT2D eigenvalue weighted by atomic mass is 32.2. The summed E-state index contributed by atoms with van der Waals surface area (Å²) in [5, 5.41) is 2.55. The van der Waals surface area contributed by atoms with E-state index in [2.05, 4.69) is 5.32 Å². The Balaban J connectivity index is 1.75. The second kappa shape index (κ2) is 7.41. The number of esters is 1. The minimum Gasteiger partial charge on any atom is -0.452 e. The van der Waals surface area contributed by atoms with Gasteiger partial charge >= 0.3 is 5.97 Å². The van der Waals surface area contributed by atoms with Gasteiger partial charge in [-0.1, -0.05) is 29.8 Å². The van der Waals surface area contributed by atoms with Crippen LogP contribution in [0.25, 0.3) is 6.08 Å². The van der Waals surface area contributed by atoms with Crippen molar-refractivity contribution >= 4 is 27.8 Å². The molecular weight excluding hydrogens is 318 g/mol. The van der Waals surface area contributed by atoms with Gasteiger partial charge in [-0.3, -0.25) is 4.79 Å². The van der Waals surface area contributed by atoms with E-state index in [-0.39, 0.29) is 11.5 Å². The lowest BCUT2D eigenvalue weighted by Gasteiger charge is -2.10. The van der Waals surface area contributed by atoms with E-state index in [9.17, 15) is 18.0 Å². The molecule has 1 saturated heterocycles. The summed E-state index contributed by atoms with van der Waals surface area (Å²) in [5.41, 5.74) is 1.94. The maximum absolute atomic E-state index is 11.6. The van der Waals surface area contributed by atoms with Gasteiger partial charge in [-0.25, -0.2) is 13.2 Å². The third-order valence-electron chi connectivity index (χ3n) is 3.40. The minimum absolute atomic E-state index is 0.0556. The molecule has 1 N–H and O–H groups in total. The highest BCUT2D eigenvalue weighted by molar-refractivity contribution is 7.91. The number of ether oxygens (including phenoxy) is 1. The summed E-state index contributed by atoms with van der Waals surface area (Å²) in [7, 11) is -3.05. The molecule has 2 rings (SSSR count). The molecule has 0 spiro atoms. The van der Waals surface area contributed by atoms with Crippen LogP contribution in [-0.4, -0.2) is 44.4 Å². The van der Waals surface area contributed by atoms with E-state index in [4.69, 9.17) is 4.74 Å². The number of nitrogens with one attached hydrogen (secondary N) is 1. The Bertz CT molecular complexity index is 724. The van der Waals surface area contributed by atoms with Crippen molar-refractivity contribution in [3.05, 3.63) is 41.5 Å². The van der Waals surface area contributed by atoms with Crippen molar-refractivity contribution in [3.63, 3.8) is 0 Å². The number of carbonyl (C=O) groups is 2. The van der Waals surface area contributed by atoms with E-state index < -0.39 is 34.4 Å². The van der Waals surface area contributed by atoms with E-state index in [1.165, 1.54) is 6.08 Å². The monoisotopic (exact) mass is 337 g/mol. The number of rotatable bonds is 5. The molecular formula is C16H19NO5S. The highest BCUT2D eigenvalue weighted by Gasteiger charge is 2.28. The molecule has 1 amide bonds. The van der Waals surface area contributed by atoms with Gasteiger partial charge in [0.25, 0.3) is 5.91 Å². The van der Waals surface area contributed by atoms with Gasteiger partial charge in [0.15, 0.2) is 16.4 Å². The summed E-state index contributed by atoms with van der Waals surface area (Å²) >= 11 is 0. The predicted molar refractivity (Wildman–Crippen MR) is 86.4 cm³/mol. The maximum Gasteiger partial charge on any atom is 0.331 e. The SMILES string of the molecule is Cc1cccc(/C=C/C(=O)OCC(=O)N[C@@H]2CCS(=O)(=O)C2)c1. The fourth-order valence-corrected chi connectivity index (χ4v) is 3.97. The topological polar surface area (TPSA) is 89.5 Å². The lowest BCUT2D eigenvalue weighted by atomic mass is 10.1. The Kier molecular flexibility index (Phi) is 5.54. The molecule has 1 fully saturated rings. The number of hydrogen-bond acceptors (Lipinski definition) is 5. The normalized spacial score (nSPS) is 19.6. The quantitative estimate of drug-likeness (QED) is 0.636. The highest BCUT2D eigenvalue weighted by Crippen LogP contribution is 2.11. The third-order valence-corrected chi connectivity index (χ3v) is 5.17. The first-order valence-corrected chi connectivity index (χ1v) is 9.07. The largest absolute Gasteiger partial charge is 0.452 e. The molecule has 1 aromatic carbocycles. The molecule has 0 saturated carbocycles. The summed E-state index contributed by atoms with van der Waals surface area (Å²) in [4.78, 5) is 23.2. The van der Waals surface area contributed by atoms with Crippen LogP contribution in [0.3, 0.4) is 0 Å². The Morgan fingerprint density at radius 3 is 2.83 bits per heavy atom. The van der Waals surface area contributed by atoms with Gasteiger partial charge in [-0.05, 0) is 25.0 Å². The Labute approximate surface area is 135 Å². The van der Waals surface area contributed by atoms with Gasteiger partial charge in [-0.15, -0.1) is 0 Å². The number of amides is 1. The zero-order valence-electron chi connectivity index (χ0n) is 12.8. The van der Waals surface area contributed by atoms with E-state index in [0.29, 0.717) is 6.42 Å². The summed E-state index contributed by atoms with van der Waals surface area (Å²) in [6, 6.07) is 7.20. The van der Waals surface area contributed by atoms with Crippen molar-refractivity contribution in [2.75, 3.05) is 18.1 Å². The molecule has 23 heavy (non-hydrogen) atoms. The first-order chi connectivity index (χ1) is 10.8. The Morgan fingerprint density at radius 1 is 1.39 bits per heavy atom. The molecule has 1 atom stereocenters. The van der Waals surface area contributed by atoms with Gasteiger partial charge in [0.1, 0.15) is 0 Å². The van der Waals surface area contributed by atoms with Crippen molar-refractivity contribution in [1.29, 1.82) is 0 Å². The zero-order chi connectivity index (χ0) is 16.9. The van der Waals surface area contributed by atoms with E-state index in [1.807, 2.05) is 31.2 Å². The molecule has 0 radical (unpaired) electrons. The molecule has 0 aliphatic carbocycles. The smallest absolute Gasteiger partial charge is 0.331 e. The van der Waals surface area contributed by atoms with Crippen LogP contribution in [0.5, 0.6) is 0 Å². The van der Waals surface area contributed by atoms with E-state index in [1.54, 1.807) is 6.08 Å². The van der Waals surface area contributed by atoms with Crippen molar-refractivity contribution in [2.24, 2.45) is 0 Å². The molecule has 7 heteroatoms.